The van der Waals surface area contributed by atoms with Gasteiger partial charge in [0.15, 0.2) is 0 Å². The van der Waals surface area contributed by atoms with Crippen molar-refractivity contribution in [2.45, 2.75) is 50.7 Å². The van der Waals surface area contributed by atoms with Gasteiger partial charge >= 0.3 is 12.1 Å². The highest BCUT2D eigenvalue weighted by Gasteiger charge is 2.44. The molecule has 0 aromatic carbocycles. The van der Waals surface area contributed by atoms with Gasteiger partial charge in [-0.15, -0.1) is 11.3 Å². The number of rotatable bonds is 4. The third-order valence-corrected chi connectivity index (χ3v) is 6.11. The summed E-state index contributed by atoms with van der Waals surface area (Å²) in [6.07, 6.45) is -1.76. The molecule has 2 aliphatic heterocycles. The van der Waals surface area contributed by atoms with Crippen molar-refractivity contribution in [3.8, 4) is 0 Å². The lowest BCUT2D eigenvalue weighted by Crippen LogP contribution is -2.47. The number of ether oxygens (including phenoxy) is 1. The molecule has 3 atom stereocenters. The number of nitrogens with zero attached hydrogens (tertiary/aromatic N) is 1. The molecule has 12 heteroatoms. The van der Waals surface area contributed by atoms with Crippen LogP contribution in [0.15, 0.2) is 12.1 Å². The minimum atomic E-state index is -5.08. The van der Waals surface area contributed by atoms with Gasteiger partial charge < -0.3 is 9.84 Å². The van der Waals surface area contributed by atoms with Crippen LogP contribution in [0.5, 0.6) is 0 Å². The SMILES string of the molecule is Cc1ccc(CN2C[C@H](NS(C)(=O)=O)[C@@H]3OCCC[C@@H]32)s1.O=C(O)C(F)(F)F. The predicted octanol–water partition coefficient (Wildman–Crippen LogP) is 1.97. The van der Waals surface area contributed by atoms with Crippen molar-refractivity contribution in [3.05, 3.63) is 21.9 Å². The van der Waals surface area contributed by atoms with E-state index in [0.717, 1.165) is 32.5 Å². The first-order valence-electron chi connectivity index (χ1n) is 8.55. The van der Waals surface area contributed by atoms with Crippen LogP contribution in [-0.4, -0.2) is 68.2 Å². The standard InChI is InChI=1S/C14H22N2O3S2.C2HF3O2/c1-10-5-6-11(20-10)8-16-9-12(15-21(2,17)18)14-13(16)4-3-7-19-14;3-2(4,5)1(6)7/h5-6,12-15H,3-4,7-9H2,1-2H3;(H,6,7)/t12-,13-,14-;/m0./s1. The van der Waals surface area contributed by atoms with Crippen molar-refractivity contribution < 1.29 is 36.2 Å². The van der Waals surface area contributed by atoms with Gasteiger partial charge in [-0.2, -0.15) is 13.2 Å². The first kappa shape index (κ1) is 23.1. The van der Waals surface area contributed by atoms with E-state index in [2.05, 4.69) is 28.7 Å². The van der Waals surface area contributed by atoms with Crippen molar-refractivity contribution in [3.63, 3.8) is 0 Å². The highest BCUT2D eigenvalue weighted by atomic mass is 32.2. The van der Waals surface area contributed by atoms with Gasteiger partial charge in [0.2, 0.25) is 10.0 Å². The topological polar surface area (TPSA) is 95.9 Å². The second kappa shape index (κ2) is 9.08. The lowest BCUT2D eigenvalue weighted by molar-refractivity contribution is -0.192. The van der Waals surface area contributed by atoms with Crippen LogP contribution in [-0.2, 0) is 26.1 Å². The van der Waals surface area contributed by atoms with Crippen LogP contribution in [0.25, 0.3) is 0 Å². The summed E-state index contributed by atoms with van der Waals surface area (Å²) in [6.45, 7) is 4.44. The Hall–Kier alpha value is -1.21. The molecule has 1 aromatic heterocycles. The van der Waals surface area contributed by atoms with E-state index in [4.69, 9.17) is 14.6 Å². The number of carboxylic acid groups (broad SMARTS) is 1. The fourth-order valence-corrected chi connectivity index (χ4v) is 5.06. The van der Waals surface area contributed by atoms with Crippen LogP contribution in [0.2, 0.25) is 0 Å². The van der Waals surface area contributed by atoms with Crippen molar-refractivity contribution in [1.29, 1.82) is 0 Å². The van der Waals surface area contributed by atoms with Crippen molar-refractivity contribution in [2.24, 2.45) is 0 Å². The van der Waals surface area contributed by atoms with E-state index < -0.39 is 22.2 Å². The second-order valence-electron chi connectivity index (χ2n) is 6.79. The monoisotopic (exact) mass is 444 g/mol. The van der Waals surface area contributed by atoms with E-state index in [1.165, 1.54) is 16.0 Å². The third kappa shape index (κ3) is 6.69. The van der Waals surface area contributed by atoms with Crippen molar-refractivity contribution >= 4 is 27.3 Å². The molecule has 2 fully saturated rings. The molecule has 7 nitrogen and oxygen atoms in total. The van der Waals surface area contributed by atoms with Crippen LogP contribution in [0.4, 0.5) is 13.2 Å². The smallest absolute Gasteiger partial charge is 0.475 e. The van der Waals surface area contributed by atoms with Gasteiger partial charge in [0, 0.05) is 35.5 Å². The zero-order valence-electron chi connectivity index (χ0n) is 15.4. The predicted molar refractivity (Wildman–Crippen MR) is 97.7 cm³/mol. The van der Waals surface area contributed by atoms with Gasteiger partial charge in [0.1, 0.15) is 0 Å². The molecule has 28 heavy (non-hydrogen) atoms. The zero-order chi connectivity index (χ0) is 21.1. The van der Waals surface area contributed by atoms with Gasteiger partial charge in [-0.1, -0.05) is 0 Å². The number of alkyl halides is 3. The molecule has 3 heterocycles. The Bertz CT molecular complexity index is 781. The highest BCUT2D eigenvalue weighted by molar-refractivity contribution is 7.88. The quantitative estimate of drug-likeness (QED) is 0.737. The summed E-state index contributed by atoms with van der Waals surface area (Å²) < 4.78 is 63.4. The number of halogens is 3. The number of likely N-dealkylation sites (tertiary alicyclic amines) is 1. The van der Waals surface area contributed by atoms with E-state index in [-0.39, 0.29) is 12.1 Å². The van der Waals surface area contributed by atoms with E-state index in [9.17, 15) is 21.6 Å². The Kier molecular flexibility index (Phi) is 7.48. The third-order valence-electron chi connectivity index (χ3n) is 4.39. The Morgan fingerprint density at radius 3 is 2.57 bits per heavy atom. The average molecular weight is 444 g/mol. The molecule has 1 aromatic rings. The molecule has 2 saturated heterocycles. The normalized spacial score (nSPS) is 25.7. The lowest BCUT2D eigenvalue weighted by atomic mass is 10.0. The summed E-state index contributed by atoms with van der Waals surface area (Å²) in [5.41, 5.74) is 0. The molecule has 0 spiro atoms. The fraction of sp³-hybridized carbons (Fsp3) is 0.688. The van der Waals surface area contributed by atoms with Crippen LogP contribution in [0.3, 0.4) is 0 Å². The summed E-state index contributed by atoms with van der Waals surface area (Å²) in [4.78, 5) is 13.9. The summed E-state index contributed by atoms with van der Waals surface area (Å²) in [6, 6.07) is 4.49. The minimum absolute atomic E-state index is 0.0189. The number of aliphatic carboxylic acids is 1. The van der Waals surface area contributed by atoms with E-state index >= 15 is 0 Å². The highest BCUT2D eigenvalue weighted by Crippen LogP contribution is 2.31. The summed E-state index contributed by atoms with van der Waals surface area (Å²) in [7, 11) is -3.20. The summed E-state index contributed by atoms with van der Waals surface area (Å²) in [5.74, 6) is -2.76. The maximum Gasteiger partial charge on any atom is 0.490 e. The van der Waals surface area contributed by atoms with Crippen LogP contribution in [0, 0.1) is 6.92 Å². The lowest BCUT2D eigenvalue weighted by Gasteiger charge is -2.32. The molecule has 0 radical (unpaired) electrons. The van der Waals surface area contributed by atoms with Crippen molar-refractivity contribution in [1.82, 2.24) is 9.62 Å². The molecule has 2 aliphatic rings. The van der Waals surface area contributed by atoms with Crippen molar-refractivity contribution in [2.75, 3.05) is 19.4 Å². The van der Waals surface area contributed by atoms with Crippen LogP contribution in [0.1, 0.15) is 22.6 Å². The molecule has 0 amide bonds. The fourth-order valence-electron chi connectivity index (χ4n) is 3.39. The van der Waals surface area contributed by atoms with Gasteiger partial charge in [-0.3, -0.25) is 4.90 Å². The number of hydrogen-bond donors (Lipinski definition) is 2. The Morgan fingerprint density at radius 2 is 2.07 bits per heavy atom. The molecule has 0 saturated carbocycles. The van der Waals surface area contributed by atoms with E-state index in [1.54, 1.807) is 0 Å². The number of hydrogen-bond acceptors (Lipinski definition) is 6. The van der Waals surface area contributed by atoms with Gasteiger partial charge in [0.05, 0.1) is 18.4 Å². The molecule has 0 bridgehead atoms. The maximum absolute atomic E-state index is 11.5. The molecule has 0 unspecified atom stereocenters. The number of thiophene rings is 1. The van der Waals surface area contributed by atoms with E-state index in [0.29, 0.717) is 6.04 Å². The molecule has 0 aliphatic carbocycles. The van der Waals surface area contributed by atoms with Gasteiger partial charge in [-0.25, -0.2) is 17.9 Å². The number of carboxylic acids is 1. The van der Waals surface area contributed by atoms with Crippen LogP contribution < -0.4 is 4.72 Å². The number of carbonyl (C=O) groups is 1. The zero-order valence-corrected chi connectivity index (χ0v) is 17.0. The molecule has 2 N–H and O–H groups in total. The Labute approximate surface area is 165 Å². The largest absolute Gasteiger partial charge is 0.490 e. The van der Waals surface area contributed by atoms with Gasteiger partial charge in [-0.05, 0) is 31.9 Å². The van der Waals surface area contributed by atoms with Crippen LogP contribution >= 0.6 is 11.3 Å². The second-order valence-corrected chi connectivity index (χ2v) is 9.94. The summed E-state index contributed by atoms with van der Waals surface area (Å²) >= 11 is 1.81. The summed E-state index contributed by atoms with van der Waals surface area (Å²) in [5, 5.41) is 7.12. The van der Waals surface area contributed by atoms with E-state index in [1.807, 2.05) is 11.3 Å². The number of nitrogens with one attached hydrogen (secondary N) is 1. The number of aryl methyl sites for hydroxylation is 1. The Morgan fingerprint density at radius 1 is 1.43 bits per heavy atom. The maximum atomic E-state index is 11.5. The Balaban J connectivity index is 0.000000345. The molecular formula is C16H23F3N2O5S2. The first-order valence-corrected chi connectivity index (χ1v) is 11.3. The number of fused-ring (bicyclic) bond motifs is 1. The molecule has 3 rings (SSSR count). The molecule has 160 valence electrons. The first-order chi connectivity index (χ1) is 12.9. The van der Waals surface area contributed by atoms with Gasteiger partial charge in [0.25, 0.3) is 0 Å². The number of sulfonamides is 1. The average Bonchev–Trinajstić information content (AvgIpc) is 3.11. The minimum Gasteiger partial charge on any atom is -0.475 e. The molecular weight excluding hydrogens is 421 g/mol.